The first kappa shape index (κ1) is 20.4. The van der Waals surface area contributed by atoms with Gasteiger partial charge in [0.25, 0.3) is 11.8 Å². The van der Waals surface area contributed by atoms with Gasteiger partial charge in [0.05, 0.1) is 18.2 Å². The average Bonchev–Trinajstić information content (AvgIpc) is 3.04. The summed E-state index contributed by atoms with van der Waals surface area (Å²) in [6, 6.07) is 14.7. The number of ether oxygens (including phenoxy) is 2. The highest BCUT2D eigenvalue weighted by Gasteiger charge is 2.35. The first-order valence-corrected chi connectivity index (χ1v) is 10.3. The molecule has 2 aromatic rings. The summed E-state index contributed by atoms with van der Waals surface area (Å²) in [4.78, 5) is 31.0. The molecule has 2 aliphatic rings. The van der Waals surface area contributed by atoms with Gasteiger partial charge in [0.2, 0.25) is 0 Å². The van der Waals surface area contributed by atoms with Gasteiger partial charge in [-0.25, -0.2) is 0 Å². The second-order valence-electron chi connectivity index (χ2n) is 7.51. The van der Waals surface area contributed by atoms with Crippen molar-refractivity contribution in [2.45, 2.75) is 0 Å². The summed E-state index contributed by atoms with van der Waals surface area (Å²) in [6.45, 7) is 6.41. The van der Waals surface area contributed by atoms with Crippen LogP contribution in [0.1, 0.15) is 20.7 Å². The largest absolute Gasteiger partial charge is 0.497 e. The number of hydrogen-bond acceptors (Lipinski definition) is 6. The lowest BCUT2D eigenvalue weighted by Gasteiger charge is -2.35. The number of carbonyl (C=O) groups excluding carboxylic acids is 2. The predicted molar refractivity (Wildman–Crippen MR) is 113 cm³/mol. The van der Waals surface area contributed by atoms with Gasteiger partial charge < -0.3 is 9.47 Å². The van der Waals surface area contributed by atoms with Crippen molar-refractivity contribution < 1.29 is 19.1 Å². The van der Waals surface area contributed by atoms with Gasteiger partial charge in [0, 0.05) is 45.8 Å². The Balaban J connectivity index is 1.16. The molecule has 7 heteroatoms. The van der Waals surface area contributed by atoms with Crippen molar-refractivity contribution in [1.82, 2.24) is 14.7 Å². The Morgan fingerprint density at radius 1 is 0.733 bits per heavy atom. The molecule has 1 saturated heterocycles. The van der Waals surface area contributed by atoms with Gasteiger partial charge >= 0.3 is 0 Å². The molecule has 2 aliphatic heterocycles. The van der Waals surface area contributed by atoms with Gasteiger partial charge in [0.1, 0.15) is 18.1 Å². The van der Waals surface area contributed by atoms with Gasteiger partial charge in [0.15, 0.2) is 0 Å². The summed E-state index contributed by atoms with van der Waals surface area (Å²) >= 11 is 0. The predicted octanol–water partition coefficient (Wildman–Crippen LogP) is 1.99. The van der Waals surface area contributed by atoms with Crippen LogP contribution in [0.25, 0.3) is 0 Å². The van der Waals surface area contributed by atoms with Gasteiger partial charge in [-0.15, -0.1) is 0 Å². The van der Waals surface area contributed by atoms with E-state index >= 15 is 0 Å². The zero-order valence-electron chi connectivity index (χ0n) is 17.3. The number of imide groups is 1. The molecule has 0 spiro atoms. The fraction of sp³-hybridized carbons (Fsp3) is 0.391. The maximum Gasteiger partial charge on any atom is 0.261 e. The van der Waals surface area contributed by atoms with Gasteiger partial charge in [-0.1, -0.05) is 12.1 Å². The molecule has 0 radical (unpaired) electrons. The van der Waals surface area contributed by atoms with Crippen LogP contribution in [0.4, 0.5) is 0 Å². The summed E-state index contributed by atoms with van der Waals surface area (Å²) in [5.41, 5.74) is 1.04. The standard InChI is InChI=1S/C23H27N3O4/c1-29-18-6-8-19(9-7-18)30-17-16-25-12-10-24(11-13-25)14-15-26-22(27)20-4-2-3-5-21(20)23(26)28/h2-9H,10-17H2,1H3. The Kier molecular flexibility index (Phi) is 6.30. The van der Waals surface area contributed by atoms with E-state index < -0.39 is 0 Å². The lowest BCUT2D eigenvalue weighted by atomic mass is 10.1. The molecule has 0 bridgehead atoms. The number of carbonyl (C=O) groups is 2. The fourth-order valence-electron chi connectivity index (χ4n) is 3.88. The number of methoxy groups -OCH3 is 1. The van der Waals surface area contributed by atoms with E-state index in [1.165, 1.54) is 4.90 Å². The summed E-state index contributed by atoms with van der Waals surface area (Å²) < 4.78 is 11.0. The molecule has 1 fully saturated rings. The number of nitrogens with zero attached hydrogens (tertiary/aromatic N) is 3. The minimum atomic E-state index is -0.176. The third-order valence-electron chi connectivity index (χ3n) is 5.72. The fourth-order valence-corrected chi connectivity index (χ4v) is 3.88. The van der Waals surface area contributed by atoms with E-state index in [4.69, 9.17) is 9.47 Å². The first-order valence-electron chi connectivity index (χ1n) is 10.3. The smallest absolute Gasteiger partial charge is 0.261 e. The molecule has 0 unspecified atom stereocenters. The van der Waals surface area contributed by atoms with Crippen molar-refractivity contribution in [1.29, 1.82) is 0 Å². The number of hydrogen-bond donors (Lipinski definition) is 0. The lowest BCUT2D eigenvalue weighted by Crippen LogP contribution is -2.49. The van der Waals surface area contributed by atoms with Gasteiger partial charge in [-0.05, 0) is 36.4 Å². The van der Waals surface area contributed by atoms with E-state index in [1.54, 1.807) is 31.4 Å². The SMILES string of the molecule is COc1ccc(OCCN2CCN(CCN3C(=O)c4ccccc4C3=O)CC2)cc1. The average molecular weight is 409 g/mol. The maximum atomic E-state index is 12.5. The Hall–Kier alpha value is -2.90. The third-order valence-corrected chi connectivity index (χ3v) is 5.72. The molecule has 7 nitrogen and oxygen atoms in total. The highest BCUT2D eigenvalue weighted by atomic mass is 16.5. The molecule has 0 aromatic heterocycles. The quantitative estimate of drug-likeness (QED) is 0.622. The van der Waals surface area contributed by atoms with Crippen LogP contribution < -0.4 is 9.47 Å². The summed E-state index contributed by atoms with van der Waals surface area (Å²) in [7, 11) is 1.65. The second-order valence-corrected chi connectivity index (χ2v) is 7.51. The van der Waals surface area contributed by atoms with Crippen molar-refractivity contribution in [3.05, 3.63) is 59.7 Å². The molecular formula is C23H27N3O4. The Labute approximate surface area is 176 Å². The number of piperazine rings is 1. The van der Waals surface area contributed by atoms with Gasteiger partial charge in [-0.2, -0.15) is 0 Å². The van der Waals surface area contributed by atoms with Crippen molar-refractivity contribution in [2.24, 2.45) is 0 Å². The topological polar surface area (TPSA) is 62.3 Å². The molecule has 4 rings (SSSR count). The number of rotatable bonds is 8. The van der Waals surface area contributed by atoms with Crippen LogP contribution >= 0.6 is 0 Å². The van der Waals surface area contributed by atoms with Crippen LogP contribution in [0, 0.1) is 0 Å². The van der Waals surface area contributed by atoms with E-state index in [0.29, 0.717) is 30.8 Å². The zero-order chi connectivity index (χ0) is 20.9. The molecule has 0 atom stereocenters. The summed E-state index contributed by atoms with van der Waals surface area (Å²) in [6.07, 6.45) is 0. The molecule has 0 aliphatic carbocycles. The van der Waals surface area contributed by atoms with E-state index in [1.807, 2.05) is 24.3 Å². The van der Waals surface area contributed by atoms with E-state index in [9.17, 15) is 9.59 Å². The molecule has 2 amide bonds. The van der Waals surface area contributed by atoms with Crippen molar-refractivity contribution >= 4 is 11.8 Å². The molecule has 158 valence electrons. The Bertz CT molecular complexity index is 857. The van der Waals surface area contributed by atoms with Crippen LogP contribution in [0.3, 0.4) is 0 Å². The van der Waals surface area contributed by atoms with Crippen molar-refractivity contribution in [3.8, 4) is 11.5 Å². The molecule has 2 heterocycles. The van der Waals surface area contributed by atoms with Crippen LogP contribution in [-0.2, 0) is 0 Å². The lowest BCUT2D eigenvalue weighted by molar-refractivity contribution is 0.0610. The summed E-state index contributed by atoms with van der Waals surface area (Å²) in [5.74, 6) is 1.31. The van der Waals surface area contributed by atoms with Gasteiger partial charge in [-0.3, -0.25) is 24.3 Å². The van der Waals surface area contributed by atoms with Crippen LogP contribution in [0.5, 0.6) is 11.5 Å². The van der Waals surface area contributed by atoms with Crippen LogP contribution in [0.15, 0.2) is 48.5 Å². The van der Waals surface area contributed by atoms with Crippen molar-refractivity contribution in [2.75, 3.05) is 59.5 Å². The van der Waals surface area contributed by atoms with Crippen LogP contribution in [0.2, 0.25) is 0 Å². The number of amides is 2. The molecule has 30 heavy (non-hydrogen) atoms. The summed E-state index contributed by atoms with van der Waals surface area (Å²) in [5, 5.41) is 0. The highest BCUT2D eigenvalue weighted by Crippen LogP contribution is 2.22. The van der Waals surface area contributed by atoms with E-state index in [0.717, 1.165) is 44.2 Å². The minimum absolute atomic E-state index is 0.176. The van der Waals surface area contributed by atoms with E-state index in [2.05, 4.69) is 9.80 Å². The number of benzene rings is 2. The highest BCUT2D eigenvalue weighted by molar-refractivity contribution is 6.21. The Morgan fingerprint density at radius 3 is 1.83 bits per heavy atom. The number of fused-ring (bicyclic) bond motifs is 1. The first-order chi connectivity index (χ1) is 14.7. The monoisotopic (exact) mass is 409 g/mol. The Morgan fingerprint density at radius 2 is 1.27 bits per heavy atom. The maximum absolute atomic E-state index is 12.5. The second kappa shape index (κ2) is 9.28. The van der Waals surface area contributed by atoms with Crippen molar-refractivity contribution in [3.63, 3.8) is 0 Å². The molecule has 0 N–H and O–H groups in total. The van der Waals surface area contributed by atoms with E-state index in [-0.39, 0.29) is 11.8 Å². The zero-order valence-corrected chi connectivity index (χ0v) is 17.3. The minimum Gasteiger partial charge on any atom is -0.497 e. The third kappa shape index (κ3) is 4.47. The molecular weight excluding hydrogens is 382 g/mol. The molecule has 2 aromatic carbocycles. The normalized spacial score (nSPS) is 17.3. The van der Waals surface area contributed by atoms with Crippen LogP contribution in [-0.4, -0.2) is 86.0 Å². The molecule has 0 saturated carbocycles.